The summed E-state index contributed by atoms with van der Waals surface area (Å²) in [6, 6.07) is 4.56. The number of carbonyl (C=O) groups excluding carboxylic acids is 1. The minimum atomic E-state index is -2.82. The second-order valence-corrected chi connectivity index (χ2v) is 7.46. The van der Waals surface area contributed by atoms with Crippen LogP contribution in [0.3, 0.4) is 0 Å². The van der Waals surface area contributed by atoms with Gasteiger partial charge < -0.3 is 9.88 Å². The third kappa shape index (κ3) is 3.13. The van der Waals surface area contributed by atoms with Crippen LogP contribution in [-0.2, 0) is 13.5 Å². The number of halogens is 4. The molecular weight excluding hydrogens is 430 g/mol. The van der Waals surface area contributed by atoms with Crippen molar-refractivity contribution in [3.8, 4) is 0 Å². The fourth-order valence-electron chi connectivity index (χ4n) is 4.11. The molecule has 0 saturated carbocycles. The van der Waals surface area contributed by atoms with E-state index in [1.807, 2.05) is 0 Å². The maximum atomic E-state index is 13.5. The van der Waals surface area contributed by atoms with Gasteiger partial charge in [-0.15, -0.1) is 0 Å². The predicted octanol–water partition coefficient (Wildman–Crippen LogP) is 3.45. The summed E-state index contributed by atoms with van der Waals surface area (Å²) in [5.41, 5.74) is 1.19. The van der Waals surface area contributed by atoms with Gasteiger partial charge in [0.1, 0.15) is 17.4 Å². The van der Waals surface area contributed by atoms with Crippen LogP contribution < -0.4 is 0 Å². The van der Waals surface area contributed by atoms with Gasteiger partial charge >= 0.3 is 0 Å². The zero-order valence-electron chi connectivity index (χ0n) is 16.7. The van der Waals surface area contributed by atoms with E-state index in [1.54, 1.807) is 6.20 Å². The molecule has 0 radical (unpaired) electrons. The number of nitrogens with one attached hydrogen (secondary N) is 1. The van der Waals surface area contributed by atoms with Gasteiger partial charge in [-0.3, -0.25) is 9.48 Å². The molecule has 0 bridgehead atoms. The first kappa shape index (κ1) is 20.2. The number of pyridine rings is 1. The molecule has 1 aliphatic rings. The summed E-state index contributed by atoms with van der Waals surface area (Å²) >= 11 is 0. The van der Waals surface area contributed by atoms with Gasteiger partial charge in [-0.2, -0.15) is 10.2 Å². The van der Waals surface area contributed by atoms with Crippen molar-refractivity contribution >= 4 is 11.4 Å². The number of nitrogens with zero attached hydrogens (tertiary/aromatic N) is 6. The molecule has 8 nitrogen and oxygen atoms in total. The first-order valence-corrected chi connectivity index (χ1v) is 9.76. The van der Waals surface area contributed by atoms with Crippen molar-refractivity contribution in [3.63, 3.8) is 0 Å². The molecule has 32 heavy (non-hydrogen) atoms. The van der Waals surface area contributed by atoms with Crippen LogP contribution in [-0.4, -0.2) is 46.7 Å². The first-order chi connectivity index (χ1) is 15.3. The number of alkyl halides is 4. The molecule has 0 fully saturated rings. The zero-order valence-corrected chi connectivity index (χ0v) is 16.7. The highest BCUT2D eigenvalue weighted by Gasteiger charge is 2.37. The molecule has 4 aromatic heterocycles. The summed E-state index contributed by atoms with van der Waals surface area (Å²) in [6.45, 7) is 0.253. The van der Waals surface area contributed by atoms with E-state index in [9.17, 15) is 22.4 Å². The number of hydrogen-bond acceptors (Lipinski definition) is 4. The SMILES string of the molecule is Cn1nc(C(F)F)cc1C(=O)N1CCc2[nH]cnc2[C@H]1c1cc2c(C(F)F)cccn2n1. The van der Waals surface area contributed by atoms with Crippen molar-refractivity contribution in [3.05, 3.63) is 70.8 Å². The molecule has 166 valence electrons. The van der Waals surface area contributed by atoms with E-state index >= 15 is 0 Å². The highest BCUT2D eigenvalue weighted by atomic mass is 19.3. The highest BCUT2D eigenvalue weighted by molar-refractivity contribution is 5.93. The Morgan fingerprint density at radius 2 is 2.00 bits per heavy atom. The molecule has 1 atom stereocenters. The number of rotatable bonds is 4. The highest BCUT2D eigenvalue weighted by Crippen LogP contribution is 2.35. The van der Waals surface area contributed by atoms with Crippen LogP contribution in [0.5, 0.6) is 0 Å². The summed E-state index contributed by atoms with van der Waals surface area (Å²) in [5, 5.41) is 8.15. The summed E-state index contributed by atoms with van der Waals surface area (Å²) in [6.07, 6.45) is -2.02. The Morgan fingerprint density at radius 3 is 2.72 bits per heavy atom. The number of fused-ring (bicyclic) bond motifs is 2. The van der Waals surface area contributed by atoms with Crippen LogP contribution >= 0.6 is 0 Å². The molecule has 1 aliphatic heterocycles. The smallest absolute Gasteiger partial charge is 0.282 e. The van der Waals surface area contributed by atoms with Crippen LogP contribution in [0.2, 0.25) is 0 Å². The number of H-pyrrole nitrogens is 1. The van der Waals surface area contributed by atoms with Gasteiger partial charge in [0.25, 0.3) is 18.8 Å². The van der Waals surface area contributed by atoms with Crippen molar-refractivity contribution in [2.75, 3.05) is 6.54 Å². The van der Waals surface area contributed by atoms with Gasteiger partial charge in [0.2, 0.25) is 0 Å². The van der Waals surface area contributed by atoms with E-state index in [0.717, 1.165) is 16.4 Å². The normalized spacial score (nSPS) is 16.3. The monoisotopic (exact) mass is 447 g/mol. The lowest BCUT2D eigenvalue weighted by molar-refractivity contribution is 0.0675. The number of amides is 1. The van der Waals surface area contributed by atoms with Crippen LogP contribution in [0, 0.1) is 0 Å². The molecule has 5 heterocycles. The van der Waals surface area contributed by atoms with E-state index in [4.69, 9.17) is 0 Å². The molecule has 0 unspecified atom stereocenters. The average molecular weight is 447 g/mol. The number of hydrogen-bond donors (Lipinski definition) is 1. The van der Waals surface area contributed by atoms with Gasteiger partial charge in [-0.25, -0.2) is 27.1 Å². The Bertz CT molecular complexity index is 1310. The number of carbonyl (C=O) groups is 1. The molecular formula is C20H17F4N7O. The van der Waals surface area contributed by atoms with Crippen molar-refractivity contribution in [1.82, 2.24) is 34.3 Å². The molecule has 4 aromatic rings. The van der Waals surface area contributed by atoms with E-state index in [0.29, 0.717) is 17.8 Å². The van der Waals surface area contributed by atoms with E-state index in [-0.39, 0.29) is 23.3 Å². The van der Waals surface area contributed by atoms with Crippen LogP contribution in [0.25, 0.3) is 5.52 Å². The lowest BCUT2D eigenvalue weighted by atomic mass is 9.99. The Kier molecular flexibility index (Phi) is 4.72. The second kappa shape index (κ2) is 7.46. The Labute approximate surface area is 178 Å². The van der Waals surface area contributed by atoms with Gasteiger partial charge in [0.05, 0.1) is 23.2 Å². The van der Waals surface area contributed by atoms with Gasteiger partial charge in [-0.1, -0.05) is 0 Å². The Balaban J connectivity index is 1.62. The van der Waals surface area contributed by atoms with Crippen LogP contribution in [0.15, 0.2) is 36.8 Å². The Morgan fingerprint density at radius 1 is 1.19 bits per heavy atom. The van der Waals surface area contributed by atoms with E-state index < -0.39 is 30.5 Å². The third-order valence-electron chi connectivity index (χ3n) is 5.60. The number of aryl methyl sites for hydroxylation is 1. The van der Waals surface area contributed by atoms with E-state index in [2.05, 4.69) is 20.2 Å². The lowest BCUT2D eigenvalue weighted by Gasteiger charge is -2.33. The summed E-state index contributed by atoms with van der Waals surface area (Å²) in [7, 11) is 1.41. The van der Waals surface area contributed by atoms with Crippen molar-refractivity contribution in [2.24, 2.45) is 7.05 Å². The van der Waals surface area contributed by atoms with Crippen molar-refractivity contribution in [2.45, 2.75) is 25.3 Å². The Hall–Kier alpha value is -3.70. The average Bonchev–Trinajstić information content (AvgIpc) is 3.49. The van der Waals surface area contributed by atoms with Gasteiger partial charge in [0, 0.05) is 37.5 Å². The summed E-state index contributed by atoms with van der Waals surface area (Å²) < 4.78 is 55.6. The maximum Gasteiger partial charge on any atom is 0.282 e. The van der Waals surface area contributed by atoms with Gasteiger partial charge in [-0.05, 0) is 24.3 Å². The molecule has 1 N–H and O–H groups in total. The molecule has 0 spiro atoms. The molecule has 0 saturated heterocycles. The summed E-state index contributed by atoms with van der Waals surface area (Å²) in [4.78, 5) is 22.2. The van der Waals surface area contributed by atoms with Crippen molar-refractivity contribution in [1.29, 1.82) is 0 Å². The quantitative estimate of drug-likeness (QED) is 0.486. The number of imidazole rings is 1. The fourth-order valence-corrected chi connectivity index (χ4v) is 4.11. The zero-order chi connectivity index (χ0) is 22.6. The van der Waals surface area contributed by atoms with Crippen molar-refractivity contribution < 1.29 is 22.4 Å². The molecule has 1 amide bonds. The molecule has 12 heteroatoms. The predicted molar refractivity (Wildman–Crippen MR) is 103 cm³/mol. The maximum absolute atomic E-state index is 13.5. The minimum absolute atomic E-state index is 0.0127. The fraction of sp³-hybridized carbons (Fsp3) is 0.300. The minimum Gasteiger partial charge on any atom is -0.348 e. The molecule has 0 aliphatic carbocycles. The third-order valence-corrected chi connectivity index (χ3v) is 5.60. The standard InChI is InChI=1S/C20H17F4N7O/c1-29-15(8-13(27-29)19(23)24)20(32)30-6-4-11-16(26-9-25-11)17(30)12-7-14-10(18(21)22)3-2-5-31(14)28-12/h2-3,5,7-9,17-19H,4,6H2,1H3,(H,25,26)/t17-/m1/s1. The largest absolute Gasteiger partial charge is 0.348 e. The lowest BCUT2D eigenvalue weighted by Crippen LogP contribution is -2.41. The van der Waals surface area contributed by atoms with Gasteiger partial charge in [0.15, 0.2) is 0 Å². The van der Waals surface area contributed by atoms with Crippen LogP contribution in [0.1, 0.15) is 57.7 Å². The topological polar surface area (TPSA) is 84.1 Å². The second-order valence-electron chi connectivity index (χ2n) is 7.46. The number of aromatic nitrogens is 6. The van der Waals surface area contributed by atoms with Crippen LogP contribution in [0.4, 0.5) is 17.6 Å². The molecule has 0 aromatic carbocycles. The first-order valence-electron chi connectivity index (χ1n) is 9.76. The van der Waals surface area contributed by atoms with E-state index in [1.165, 1.54) is 41.0 Å². The summed E-state index contributed by atoms with van der Waals surface area (Å²) in [5.74, 6) is -0.531. The molecule has 5 rings (SSSR count). The number of aromatic amines is 1.